The number of carbonyl (C=O) groups excluding carboxylic acids is 1. The van der Waals surface area contributed by atoms with Gasteiger partial charge in [0, 0.05) is 11.4 Å². The van der Waals surface area contributed by atoms with Crippen LogP contribution in [0.4, 0.5) is 4.39 Å². The Kier molecular flexibility index (Phi) is 4.52. The topological polar surface area (TPSA) is 75.3 Å². The summed E-state index contributed by atoms with van der Waals surface area (Å²) in [4.78, 5) is 13.9. The number of benzene rings is 1. The Bertz CT molecular complexity index is 808. The lowest BCUT2D eigenvalue weighted by molar-refractivity contribution is -0.129. The van der Waals surface area contributed by atoms with Crippen molar-refractivity contribution in [1.29, 1.82) is 0 Å². The molecular weight excluding hydrogens is 379 g/mol. The van der Waals surface area contributed by atoms with Crippen molar-refractivity contribution in [3.05, 3.63) is 29.0 Å². The third-order valence-electron chi connectivity index (χ3n) is 6.21. The Hall–Kier alpha value is -1.18. The number of carbonyl (C=O) groups is 1. The van der Waals surface area contributed by atoms with E-state index in [1.807, 2.05) is 4.83 Å². The zero-order chi connectivity index (χ0) is 18.5. The van der Waals surface area contributed by atoms with Crippen LogP contribution in [0.15, 0.2) is 23.1 Å². The van der Waals surface area contributed by atoms with Gasteiger partial charge in [0.15, 0.2) is 0 Å². The Balaban J connectivity index is 1.40. The summed E-state index contributed by atoms with van der Waals surface area (Å²) in [7, 11) is -4.18. The van der Waals surface area contributed by atoms with Gasteiger partial charge in [0.05, 0.1) is 0 Å². The first-order valence-electron chi connectivity index (χ1n) is 9.00. The van der Waals surface area contributed by atoms with Gasteiger partial charge in [-0.2, -0.15) is 0 Å². The third kappa shape index (κ3) is 3.49. The van der Waals surface area contributed by atoms with Crippen molar-refractivity contribution in [3.8, 4) is 0 Å². The maximum absolute atomic E-state index is 13.8. The smallest absolute Gasteiger partial charge is 0.260 e. The molecule has 4 aliphatic carbocycles. The number of rotatable bonds is 5. The summed E-state index contributed by atoms with van der Waals surface area (Å²) in [5, 5.41) is 0.104. The van der Waals surface area contributed by atoms with Crippen molar-refractivity contribution in [2.24, 2.45) is 23.2 Å². The molecule has 26 heavy (non-hydrogen) atoms. The van der Waals surface area contributed by atoms with Crippen molar-refractivity contribution in [2.45, 2.75) is 49.8 Å². The Labute approximate surface area is 157 Å². The average molecular weight is 401 g/mol. The van der Waals surface area contributed by atoms with Crippen LogP contribution in [-0.2, 0) is 14.8 Å². The maximum atomic E-state index is 13.8. The molecule has 0 saturated heterocycles. The molecule has 2 N–H and O–H groups in total. The van der Waals surface area contributed by atoms with E-state index in [2.05, 4.69) is 5.43 Å². The molecule has 0 heterocycles. The predicted octanol–water partition coefficient (Wildman–Crippen LogP) is 3.40. The summed E-state index contributed by atoms with van der Waals surface area (Å²) < 4.78 is 38.3. The van der Waals surface area contributed by atoms with Crippen LogP contribution < -0.4 is 10.3 Å². The third-order valence-corrected chi connectivity index (χ3v) is 7.72. The molecule has 0 aliphatic heterocycles. The molecule has 1 aromatic carbocycles. The van der Waals surface area contributed by atoms with Crippen LogP contribution in [0.2, 0.25) is 5.02 Å². The van der Waals surface area contributed by atoms with E-state index in [0.29, 0.717) is 24.2 Å². The molecule has 4 bridgehead atoms. The van der Waals surface area contributed by atoms with Gasteiger partial charge in [0.25, 0.3) is 10.0 Å². The number of nitrogens with one attached hydrogen (secondary N) is 2. The van der Waals surface area contributed by atoms with Gasteiger partial charge >= 0.3 is 0 Å². The second-order valence-electron chi connectivity index (χ2n) is 8.32. The Morgan fingerprint density at radius 2 is 1.73 bits per heavy atom. The van der Waals surface area contributed by atoms with Crippen LogP contribution in [0.25, 0.3) is 0 Å². The largest absolute Gasteiger partial charge is 0.278 e. The molecule has 5 nitrogen and oxygen atoms in total. The summed E-state index contributed by atoms with van der Waals surface area (Å²) in [5.41, 5.74) is 2.27. The van der Waals surface area contributed by atoms with Crippen LogP contribution in [0.5, 0.6) is 0 Å². The minimum Gasteiger partial charge on any atom is -0.278 e. The van der Waals surface area contributed by atoms with E-state index in [0.717, 1.165) is 31.4 Å². The van der Waals surface area contributed by atoms with Crippen LogP contribution in [-0.4, -0.2) is 14.3 Å². The highest BCUT2D eigenvalue weighted by Gasteiger charge is 2.51. The van der Waals surface area contributed by atoms with Gasteiger partial charge in [0.2, 0.25) is 5.91 Å². The Morgan fingerprint density at radius 1 is 1.15 bits per heavy atom. The highest BCUT2D eigenvalue weighted by atomic mass is 35.5. The van der Waals surface area contributed by atoms with E-state index in [9.17, 15) is 17.6 Å². The molecule has 1 amide bonds. The standard InChI is InChI=1S/C18H22ClFN2O3S/c19-14-1-2-16(15(20)6-14)26(24,25)22-21-17(23)10-18-7-11-3-12(8-18)5-13(4-11)9-18/h1-2,6,11-13,22H,3-5,7-10H2,(H,21,23). The fraction of sp³-hybridized carbons (Fsp3) is 0.611. The van der Waals surface area contributed by atoms with E-state index >= 15 is 0 Å². The molecule has 4 fully saturated rings. The first-order valence-corrected chi connectivity index (χ1v) is 10.9. The van der Waals surface area contributed by atoms with Gasteiger partial charge in [-0.3, -0.25) is 10.2 Å². The number of hydrogen-bond acceptors (Lipinski definition) is 3. The van der Waals surface area contributed by atoms with E-state index in [1.165, 1.54) is 25.3 Å². The van der Waals surface area contributed by atoms with Crippen LogP contribution in [0.3, 0.4) is 0 Å². The summed E-state index contributed by atoms with van der Waals surface area (Å²) in [5.74, 6) is 0.835. The first kappa shape index (κ1) is 18.2. The predicted molar refractivity (Wildman–Crippen MR) is 95.1 cm³/mol. The molecule has 0 atom stereocenters. The fourth-order valence-corrected chi connectivity index (χ4v) is 6.84. The van der Waals surface area contributed by atoms with Crippen molar-refractivity contribution in [2.75, 3.05) is 0 Å². The van der Waals surface area contributed by atoms with Crippen molar-refractivity contribution < 1.29 is 17.6 Å². The molecule has 0 radical (unpaired) electrons. The molecule has 4 aliphatic rings. The maximum Gasteiger partial charge on any atom is 0.260 e. The van der Waals surface area contributed by atoms with E-state index in [4.69, 9.17) is 11.6 Å². The van der Waals surface area contributed by atoms with Crippen molar-refractivity contribution in [1.82, 2.24) is 10.3 Å². The first-order chi connectivity index (χ1) is 12.2. The van der Waals surface area contributed by atoms with Crippen LogP contribution >= 0.6 is 11.6 Å². The highest BCUT2D eigenvalue weighted by Crippen LogP contribution is 2.61. The molecule has 8 heteroatoms. The summed E-state index contributed by atoms with van der Waals surface area (Å²) in [6.07, 6.45) is 7.35. The van der Waals surface area contributed by atoms with Crippen molar-refractivity contribution >= 4 is 27.5 Å². The minimum absolute atomic E-state index is 0.00972. The lowest BCUT2D eigenvalue weighted by Crippen LogP contribution is -2.50. The second-order valence-corrected chi connectivity index (χ2v) is 10.4. The fourth-order valence-electron chi connectivity index (χ4n) is 5.76. The SMILES string of the molecule is O=C(CC12CC3CC(CC(C3)C1)C2)NNS(=O)(=O)c1ccc(Cl)cc1F. The van der Waals surface area contributed by atoms with Gasteiger partial charge in [-0.05, 0) is 79.9 Å². The number of halogens is 2. The van der Waals surface area contributed by atoms with E-state index < -0.39 is 20.7 Å². The molecule has 0 aromatic heterocycles. The molecule has 142 valence electrons. The summed E-state index contributed by atoms with van der Waals surface area (Å²) in [6.45, 7) is 0. The average Bonchev–Trinajstić information content (AvgIpc) is 2.51. The summed E-state index contributed by atoms with van der Waals surface area (Å²) >= 11 is 5.64. The molecule has 0 unspecified atom stereocenters. The van der Waals surface area contributed by atoms with Gasteiger partial charge in [0.1, 0.15) is 10.7 Å². The van der Waals surface area contributed by atoms with Crippen LogP contribution in [0.1, 0.15) is 44.9 Å². The normalized spacial score (nSPS) is 32.6. The second kappa shape index (κ2) is 6.46. The molecule has 1 aromatic rings. The quantitative estimate of drug-likeness (QED) is 0.744. The monoisotopic (exact) mass is 400 g/mol. The molecule has 0 spiro atoms. The zero-order valence-corrected chi connectivity index (χ0v) is 15.9. The van der Waals surface area contributed by atoms with Crippen molar-refractivity contribution in [3.63, 3.8) is 0 Å². The van der Waals surface area contributed by atoms with E-state index in [-0.39, 0.29) is 16.3 Å². The van der Waals surface area contributed by atoms with E-state index in [1.54, 1.807) is 0 Å². The zero-order valence-electron chi connectivity index (χ0n) is 14.3. The van der Waals surface area contributed by atoms with Gasteiger partial charge in [-0.25, -0.2) is 12.8 Å². The number of sulfonamides is 1. The number of hydrazine groups is 1. The minimum atomic E-state index is -4.18. The Morgan fingerprint density at radius 3 is 2.27 bits per heavy atom. The highest BCUT2D eigenvalue weighted by molar-refractivity contribution is 7.89. The molecule has 5 rings (SSSR count). The number of hydrogen-bond donors (Lipinski definition) is 2. The van der Waals surface area contributed by atoms with Gasteiger partial charge in [-0.15, -0.1) is 4.83 Å². The molecular formula is C18H22ClFN2O3S. The number of amides is 1. The van der Waals surface area contributed by atoms with Gasteiger partial charge in [-0.1, -0.05) is 11.6 Å². The van der Waals surface area contributed by atoms with Gasteiger partial charge < -0.3 is 0 Å². The summed E-state index contributed by atoms with van der Waals surface area (Å²) in [6, 6.07) is 3.29. The van der Waals surface area contributed by atoms with Crippen LogP contribution in [0, 0.1) is 29.0 Å². The molecule has 4 saturated carbocycles. The lowest BCUT2D eigenvalue weighted by atomic mass is 9.49. The lowest BCUT2D eigenvalue weighted by Gasteiger charge is -2.56.